The minimum atomic E-state index is -0.160. The van der Waals surface area contributed by atoms with Crippen molar-refractivity contribution < 1.29 is 4.79 Å². The molecule has 0 radical (unpaired) electrons. The van der Waals surface area contributed by atoms with E-state index in [0.717, 1.165) is 25.0 Å². The van der Waals surface area contributed by atoms with Crippen LogP contribution in [0.25, 0.3) is 0 Å². The van der Waals surface area contributed by atoms with Gasteiger partial charge in [0.25, 0.3) is 0 Å². The van der Waals surface area contributed by atoms with Gasteiger partial charge in [-0.25, -0.2) is 0 Å². The lowest BCUT2D eigenvalue weighted by atomic mass is 9.83. The lowest BCUT2D eigenvalue weighted by molar-refractivity contribution is -0.122. The third-order valence-electron chi connectivity index (χ3n) is 5.31. The van der Waals surface area contributed by atoms with Gasteiger partial charge in [-0.05, 0) is 37.7 Å². The summed E-state index contributed by atoms with van der Waals surface area (Å²) in [5, 5.41) is 0. The van der Waals surface area contributed by atoms with Crippen molar-refractivity contribution >= 4 is 12.0 Å². The number of allylic oxidation sites excluding steroid dienone is 3. The zero-order chi connectivity index (χ0) is 20.5. The molecule has 1 unspecified atom stereocenters. The lowest BCUT2D eigenvalue weighted by Gasteiger charge is -2.22. The second kappa shape index (κ2) is 16.8. The van der Waals surface area contributed by atoms with Gasteiger partial charge >= 0.3 is 0 Å². The maximum Gasteiger partial charge on any atom is 0.142 e. The molecule has 0 saturated carbocycles. The molecule has 0 rings (SSSR count). The van der Waals surface area contributed by atoms with E-state index < -0.39 is 0 Å². The van der Waals surface area contributed by atoms with Gasteiger partial charge in [-0.3, -0.25) is 9.79 Å². The Morgan fingerprint density at radius 2 is 1.63 bits per heavy atom. The fourth-order valence-corrected chi connectivity index (χ4v) is 3.42. The van der Waals surface area contributed by atoms with Gasteiger partial charge in [0, 0.05) is 12.6 Å². The Kier molecular flexibility index (Phi) is 15.9. The van der Waals surface area contributed by atoms with Crippen LogP contribution in [0.3, 0.4) is 0 Å². The highest BCUT2D eigenvalue weighted by Gasteiger charge is 2.25. The highest BCUT2D eigenvalue weighted by atomic mass is 16.1. The first kappa shape index (κ1) is 25.6. The quantitative estimate of drug-likeness (QED) is 0.200. The Balaban J connectivity index is 5.36. The summed E-state index contributed by atoms with van der Waals surface area (Å²) in [6.45, 7) is 14.5. The predicted molar refractivity (Wildman–Crippen MR) is 120 cm³/mol. The van der Waals surface area contributed by atoms with Crippen LogP contribution in [0.1, 0.15) is 105 Å². The number of aliphatic imine (C=N–C) groups is 1. The topological polar surface area (TPSA) is 29.4 Å². The predicted octanol–water partition coefficient (Wildman–Crippen LogP) is 7.84. The monoisotopic (exact) mass is 373 g/mol. The number of nitrogens with zero attached hydrogens (tertiary/aromatic N) is 1. The molecule has 0 aliphatic heterocycles. The zero-order valence-electron chi connectivity index (χ0n) is 18.7. The smallest absolute Gasteiger partial charge is 0.142 e. The van der Waals surface area contributed by atoms with Gasteiger partial charge in [0.1, 0.15) is 5.78 Å². The molecule has 27 heavy (non-hydrogen) atoms. The number of ketones is 1. The summed E-state index contributed by atoms with van der Waals surface area (Å²) in [7, 11) is 0. The molecule has 0 heterocycles. The van der Waals surface area contributed by atoms with Crippen molar-refractivity contribution in [2.24, 2.45) is 16.8 Å². The largest absolute Gasteiger partial charge is 0.299 e. The van der Waals surface area contributed by atoms with Crippen molar-refractivity contribution in [2.45, 2.75) is 105 Å². The van der Waals surface area contributed by atoms with Gasteiger partial charge in [-0.1, -0.05) is 85.3 Å². The number of carbonyl (C=O) groups excluding carboxylic acids is 1. The minimum absolute atomic E-state index is 0.160. The van der Waals surface area contributed by atoms with Crippen molar-refractivity contribution in [1.82, 2.24) is 0 Å². The van der Waals surface area contributed by atoms with Crippen molar-refractivity contribution in [3.8, 4) is 0 Å². The molecular weight excluding hydrogens is 330 g/mol. The maximum atomic E-state index is 12.7. The molecule has 0 N–H and O–H groups in total. The van der Waals surface area contributed by atoms with Crippen LogP contribution in [0.4, 0.5) is 0 Å². The second-order valence-electron chi connectivity index (χ2n) is 7.55. The Bertz CT molecular complexity index is 500. The Morgan fingerprint density at radius 1 is 1.04 bits per heavy atom. The van der Waals surface area contributed by atoms with Gasteiger partial charge in [-0.15, -0.1) is 5.73 Å². The molecule has 0 saturated heterocycles. The van der Waals surface area contributed by atoms with Crippen LogP contribution >= 0.6 is 0 Å². The van der Waals surface area contributed by atoms with Crippen LogP contribution in [0.2, 0.25) is 0 Å². The summed E-state index contributed by atoms with van der Waals surface area (Å²) in [6, 6.07) is 0. The Labute approximate surface area is 168 Å². The molecule has 0 bridgehead atoms. The van der Waals surface area contributed by atoms with E-state index in [2.05, 4.69) is 51.1 Å². The summed E-state index contributed by atoms with van der Waals surface area (Å²) in [5.74, 6) is 0.698. The molecule has 0 amide bonds. The van der Waals surface area contributed by atoms with Crippen LogP contribution in [-0.4, -0.2) is 12.0 Å². The number of unbranched alkanes of at least 4 members (excludes halogenated alkanes) is 3. The van der Waals surface area contributed by atoms with Crippen LogP contribution < -0.4 is 0 Å². The van der Waals surface area contributed by atoms with Crippen LogP contribution in [0.5, 0.6) is 0 Å². The van der Waals surface area contributed by atoms with Crippen molar-refractivity contribution in [1.29, 1.82) is 0 Å². The molecule has 0 fully saturated rings. The average molecular weight is 374 g/mol. The highest BCUT2D eigenvalue weighted by molar-refractivity contribution is 5.85. The molecule has 2 nitrogen and oxygen atoms in total. The first-order chi connectivity index (χ1) is 13.1. The molecule has 154 valence electrons. The summed E-state index contributed by atoms with van der Waals surface area (Å²) < 4.78 is 0. The molecule has 0 aromatic rings. The first-order valence-electron chi connectivity index (χ1n) is 11.2. The van der Waals surface area contributed by atoms with Gasteiger partial charge in [0.15, 0.2) is 0 Å². The Morgan fingerprint density at radius 3 is 2.07 bits per heavy atom. The van der Waals surface area contributed by atoms with Crippen LogP contribution in [0, 0.1) is 11.8 Å². The number of hydrogen-bond donors (Lipinski definition) is 0. The molecule has 1 atom stereocenters. The highest BCUT2D eigenvalue weighted by Crippen LogP contribution is 2.29. The van der Waals surface area contributed by atoms with Crippen LogP contribution in [0.15, 0.2) is 34.6 Å². The summed E-state index contributed by atoms with van der Waals surface area (Å²) >= 11 is 0. The molecule has 0 spiro atoms. The average Bonchev–Trinajstić information content (AvgIpc) is 2.70. The lowest BCUT2D eigenvalue weighted by Crippen LogP contribution is -2.19. The standard InChI is InChI=1S/C25H43NO/c1-7-13-16-21(10-4)20-26-24(11-5)23(25(27)12-6)19-22(17-14-8-2)18-15-9-3/h10,20,22-23H,5,7-9,12-19H2,1-4,6H3/b21-10-,26-20?. The molecule has 0 aliphatic carbocycles. The number of hydrogen-bond acceptors (Lipinski definition) is 2. The molecule has 0 aliphatic rings. The minimum Gasteiger partial charge on any atom is -0.299 e. The normalized spacial score (nSPS) is 13.2. The van der Waals surface area contributed by atoms with Crippen molar-refractivity contribution in [2.75, 3.05) is 0 Å². The van der Waals surface area contributed by atoms with E-state index in [-0.39, 0.29) is 11.7 Å². The van der Waals surface area contributed by atoms with E-state index >= 15 is 0 Å². The van der Waals surface area contributed by atoms with E-state index in [1.165, 1.54) is 50.5 Å². The summed E-state index contributed by atoms with van der Waals surface area (Å²) in [4.78, 5) is 17.4. The van der Waals surface area contributed by atoms with E-state index in [9.17, 15) is 4.79 Å². The molecular formula is C25H43NO. The second-order valence-corrected chi connectivity index (χ2v) is 7.55. The third-order valence-corrected chi connectivity index (χ3v) is 5.31. The summed E-state index contributed by atoms with van der Waals surface area (Å²) in [5.41, 5.74) is 4.95. The maximum absolute atomic E-state index is 12.7. The molecule has 0 aromatic carbocycles. The van der Waals surface area contributed by atoms with Crippen LogP contribution in [-0.2, 0) is 4.79 Å². The SMILES string of the molecule is C=C=C(N=C/C(=C\C)CCCC)C(CC(CCCC)CCCC)C(=O)CC. The van der Waals surface area contributed by atoms with E-state index in [1.807, 2.05) is 13.1 Å². The number of rotatable bonds is 16. The number of carbonyl (C=O) groups is 1. The number of Topliss-reactive ketones (excluding diaryl/α,β-unsaturated/α-hetero) is 1. The third kappa shape index (κ3) is 11.1. The van der Waals surface area contributed by atoms with Crippen molar-refractivity contribution in [3.05, 3.63) is 29.7 Å². The van der Waals surface area contributed by atoms with Gasteiger partial charge < -0.3 is 0 Å². The van der Waals surface area contributed by atoms with Crippen molar-refractivity contribution in [3.63, 3.8) is 0 Å². The van der Waals surface area contributed by atoms with Gasteiger partial charge in [0.2, 0.25) is 0 Å². The van der Waals surface area contributed by atoms with E-state index in [4.69, 9.17) is 0 Å². The summed E-state index contributed by atoms with van der Waals surface area (Å²) in [6.07, 6.45) is 16.1. The zero-order valence-corrected chi connectivity index (χ0v) is 18.7. The Hall–Kier alpha value is -1.40. The fourth-order valence-electron chi connectivity index (χ4n) is 3.42. The van der Waals surface area contributed by atoms with Gasteiger partial charge in [-0.2, -0.15) is 0 Å². The van der Waals surface area contributed by atoms with E-state index in [0.29, 0.717) is 12.3 Å². The molecule has 2 heteroatoms. The molecule has 0 aromatic heterocycles. The first-order valence-corrected chi connectivity index (χ1v) is 11.2. The van der Waals surface area contributed by atoms with E-state index in [1.54, 1.807) is 0 Å². The van der Waals surface area contributed by atoms with Gasteiger partial charge in [0.05, 0.1) is 11.6 Å². The fraction of sp³-hybridized carbons (Fsp3) is 0.720.